The van der Waals surface area contributed by atoms with Crippen molar-refractivity contribution in [1.29, 1.82) is 0 Å². The molecule has 0 spiro atoms. The third kappa shape index (κ3) is 24.7. The summed E-state index contributed by atoms with van der Waals surface area (Å²) in [4.78, 5) is 9.04. The van der Waals surface area contributed by atoms with Gasteiger partial charge >= 0.3 is 6.30 Å². The number of hydrogen-bond acceptors (Lipinski definition) is 4. The van der Waals surface area contributed by atoms with Crippen molar-refractivity contribution in [2.45, 2.75) is 116 Å². The maximum atomic E-state index is 11.0. The zero-order valence-corrected chi connectivity index (χ0v) is 21.4. The lowest BCUT2D eigenvalue weighted by Crippen LogP contribution is -2.23. The van der Waals surface area contributed by atoms with Crippen LogP contribution in [0.4, 0.5) is 0 Å². The molecule has 0 aliphatic carbocycles. The number of methoxy groups -OCH3 is 1. The maximum Gasteiger partial charge on any atom is 0.393 e. The molecule has 1 N–H and O–H groups in total. The summed E-state index contributed by atoms with van der Waals surface area (Å²) >= 11 is 2.58. The van der Waals surface area contributed by atoms with Gasteiger partial charge in [0.05, 0.1) is 13.2 Å². The number of hydrogen-bond donors (Lipinski definition) is 1. The molecule has 0 aromatic rings. The van der Waals surface area contributed by atoms with Gasteiger partial charge in [0.25, 0.3) is 0 Å². The first-order valence-corrected chi connectivity index (χ1v) is 15.4. The van der Waals surface area contributed by atoms with Gasteiger partial charge in [-0.3, -0.25) is 4.52 Å². The third-order valence-electron chi connectivity index (χ3n) is 5.20. The Bertz CT molecular complexity index is 378. The van der Waals surface area contributed by atoms with Crippen molar-refractivity contribution in [3.63, 3.8) is 0 Å². The predicted octanol–water partition coefficient (Wildman–Crippen LogP) is 7.79. The van der Waals surface area contributed by atoms with Gasteiger partial charge in [0.15, 0.2) is 0 Å². The van der Waals surface area contributed by atoms with Crippen molar-refractivity contribution >= 4 is 21.8 Å². The zero-order valence-electron chi connectivity index (χ0n) is 18.9. The van der Waals surface area contributed by atoms with E-state index in [2.05, 4.69) is 22.4 Å². The van der Waals surface area contributed by atoms with Crippen LogP contribution >= 0.6 is 21.8 Å². The van der Waals surface area contributed by atoms with Crippen LogP contribution in [0.1, 0.15) is 110 Å². The summed E-state index contributed by atoms with van der Waals surface area (Å²) in [6.07, 6.45) is 17.8. The molecular weight excluding hydrogens is 455 g/mol. The van der Waals surface area contributed by atoms with Crippen molar-refractivity contribution in [3.05, 3.63) is 0 Å². The van der Waals surface area contributed by atoms with Crippen LogP contribution in [0.25, 0.3) is 0 Å². The molecule has 0 aliphatic rings. The fourth-order valence-corrected chi connectivity index (χ4v) is 4.03. The minimum atomic E-state index is -3.63. The van der Waals surface area contributed by atoms with E-state index in [1.54, 1.807) is 7.11 Å². The molecule has 0 amide bonds. The van der Waals surface area contributed by atoms with E-state index in [4.69, 9.17) is 18.9 Å². The highest BCUT2D eigenvalue weighted by molar-refractivity contribution is 9.39. The van der Waals surface area contributed by atoms with E-state index < -0.39 is 6.30 Å². The molecular formula is C22H46BrO5P. The summed E-state index contributed by atoms with van der Waals surface area (Å²) in [5.41, 5.74) is 0. The molecule has 0 aromatic carbocycles. The summed E-state index contributed by atoms with van der Waals surface area (Å²) in [5, 5.41) is 0. The number of rotatable bonds is 23. The second-order valence-electron chi connectivity index (χ2n) is 7.98. The molecule has 0 fully saturated rings. The molecule has 0 aromatic heterocycles. The zero-order chi connectivity index (χ0) is 21.6. The van der Waals surface area contributed by atoms with Crippen LogP contribution in [0.5, 0.6) is 0 Å². The Labute approximate surface area is 187 Å². The Morgan fingerprint density at radius 3 is 1.55 bits per heavy atom. The topological polar surface area (TPSA) is 65.0 Å². The highest BCUT2D eigenvalue weighted by Gasteiger charge is 2.17. The molecule has 0 rings (SSSR count). The van der Waals surface area contributed by atoms with Crippen LogP contribution in [-0.2, 0) is 18.6 Å². The molecule has 0 aliphatic heterocycles. The average Bonchev–Trinajstić information content (AvgIpc) is 2.68. The number of unbranched alkanes of at least 4 members (excludes halogenated alkanes) is 15. The van der Waals surface area contributed by atoms with Crippen LogP contribution in [0.15, 0.2) is 0 Å². The van der Waals surface area contributed by atoms with Gasteiger partial charge in [-0.25, -0.2) is 4.57 Å². The lowest BCUT2D eigenvalue weighted by molar-refractivity contribution is -0.0158. The fourth-order valence-electron chi connectivity index (χ4n) is 3.33. The number of ether oxygens (including phenoxy) is 2. The fraction of sp³-hybridized carbons (Fsp3) is 1.00. The quantitative estimate of drug-likeness (QED) is 0.114. The molecule has 29 heavy (non-hydrogen) atoms. The summed E-state index contributed by atoms with van der Waals surface area (Å²) in [6.45, 7) is 3.39. The van der Waals surface area contributed by atoms with Crippen molar-refractivity contribution in [3.8, 4) is 0 Å². The van der Waals surface area contributed by atoms with Crippen molar-refractivity contribution in [1.82, 2.24) is 0 Å². The summed E-state index contributed by atoms with van der Waals surface area (Å²) in [5.74, 6) is 0. The van der Waals surface area contributed by atoms with Crippen molar-refractivity contribution < 1.29 is 23.5 Å². The minimum absolute atomic E-state index is 0.0362. The van der Waals surface area contributed by atoms with E-state index in [0.29, 0.717) is 13.2 Å². The first-order chi connectivity index (χ1) is 14.0. The monoisotopic (exact) mass is 500 g/mol. The van der Waals surface area contributed by atoms with Gasteiger partial charge in [-0.1, -0.05) is 103 Å². The first kappa shape index (κ1) is 29.5. The van der Waals surface area contributed by atoms with Crippen LogP contribution in [0, 0.1) is 0 Å². The van der Waals surface area contributed by atoms with E-state index in [9.17, 15) is 4.57 Å². The molecule has 176 valence electrons. The molecule has 5 nitrogen and oxygen atoms in total. The Balaban J connectivity index is 3.22. The Hall–Kier alpha value is 0.550. The highest BCUT2D eigenvalue weighted by Crippen LogP contribution is 2.50. The molecule has 0 saturated heterocycles. The Morgan fingerprint density at radius 1 is 0.759 bits per heavy atom. The molecule has 2 unspecified atom stereocenters. The van der Waals surface area contributed by atoms with Crippen LogP contribution in [-0.4, -0.2) is 37.9 Å². The van der Waals surface area contributed by atoms with E-state index in [1.807, 2.05) is 0 Å². The van der Waals surface area contributed by atoms with Crippen LogP contribution in [0.2, 0.25) is 0 Å². The van der Waals surface area contributed by atoms with Crippen molar-refractivity contribution in [2.75, 3.05) is 26.9 Å². The van der Waals surface area contributed by atoms with Crippen molar-refractivity contribution in [2.24, 2.45) is 0 Å². The van der Waals surface area contributed by atoms with E-state index in [1.165, 1.54) is 96.3 Å². The third-order valence-corrected chi connectivity index (χ3v) is 6.28. The van der Waals surface area contributed by atoms with Crippen LogP contribution in [0.3, 0.4) is 0 Å². The lowest BCUT2D eigenvalue weighted by atomic mass is 10.0. The smallest absolute Gasteiger partial charge is 0.379 e. The summed E-state index contributed by atoms with van der Waals surface area (Å²) in [6, 6.07) is 0. The molecule has 0 heterocycles. The molecule has 0 saturated carbocycles. The second kappa shape index (κ2) is 21.8. The molecule has 2 atom stereocenters. The Morgan fingerprint density at radius 2 is 1.17 bits per heavy atom. The lowest BCUT2D eigenvalue weighted by Gasteiger charge is -2.16. The van der Waals surface area contributed by atoms with Gasteiger partial charge < -0.3 is 14.4 Å². The van der Waals surface area contributed by atoms with Gasteiger partial charge in [0.2, 0.25) is 0 Å². The van der Waals surface area contributed by atoms with Gasteiger partial charge in [0.1, 0.15) is 6.10 Å². The van der Waals surface area contributed by atoms with Crippen LogP contribution < -0.4 is 0 Å². The molecule has 0 radical (unpaired) electrons. The first-order valence-electron chi connectivity index (χ1n) is 11.8. The van der Waals surface area contributed by atoms with Gasteiger partial charge in [-0.05, 0) is 6.42 Å². The standard InChI is InChI=1S/C22H46BrO5P/c1-3-4-5-6-7-8-9-10-11-12-13-14-15-16-17-18-19-27-20-22(26-2)21-28-29(23,24)25/h22H,3-21H2,1-2H3,(H,24,25). The van der Waals surface area contributed by atoms with E-state index in [-0.39, 0.29) is 12.7 Å². The average molecular weight is 501 g/mol. The van der Waals surface area contributed by atoms with Gasteiger partial charge in [0, 0.05) is 29.2 Å². The van der Waals surface area contributed by atoms with Gasteiger partial charge in [-0.15, -0.1) is 0 Å². The van der Waals surface area contributed by atoms with Gasteiger partial charge in [-0.2, -0.15) is 0 Å². The molecule has 0 bridgehead atoms. The highest BCUT2D eigenvalue weighted by atomic mass is 79.9. The largest absolute Gasteiger partial charge is 0.393 e. The Kier molecular flexibility index (Phi) is 22.2. The normalized spacial score (nSPS) is 14.8. The maximum absolute atomic E-state index is 11.0. The summed E-state index contributed by atoms with van der Waals surface area (Å²) in [7, 11) is 1.54. The number of halogens is 1. The summed E-state index contributed by atoms with van der Waals surface area (Å²) < 4.78 is 26.6. The van der Waals surface area contributed by atoms with E-state index >= 15 is 0 Å². The van der Waals surface area contributed by atoms with E-state index in [0.717, 1.165) is 6.42 Å². The predicted molar refractivity (Wildman–Crippen MR) is 126 cm³/mol. The molecule has 7 heteroatoms. The SMILES string of the molecule is CCCCCCCCCCCCCCCCCCOCC(COP(=O)(O)Br)OC. The minimum Gasteiger partial charge on any atom is -0.379 e. The second-order valence-corrected chi connectivity index (χ2v) is 11.8.